The molecule has 1 unspecified atom stereocenters. The number of alkyl carbamates (subject to hydrolysis) is 1. The van der Waals surface area contributed by atoms with Crippen LogP contribution in [0.3, 0.4) is 0 Å². The van der Waals surface area contributed by atoms with Crippen LogP contribution in [0.1, 0.15) is 23.5 Å². The van der Waals surface area contributed by atoms with Gasteiger partial charge in [-0.15, -0.1) is 0 Å². The van der Waals surface area contributed by atoms with E-state index in [2.05, 4.69) is 5.32 Å². The molecule has 0 aliphatic heterocycles. The lowest BCUT2D eigenvalue weighted by atomic mass is 9.98. The Labute approximate surface area is 171 Å². The van der Waals surface area contributed by atoms with E-state index in [9.17, 15) is 22.8 Å². The van der Waals surface area contributed by atoms with Gasteiger partial charge in [0.2, 0.25) is 0 Å². The molecule has 0 saturated carbocycles. The standard InChI is InChI=1S/C21H21F3N2O4/c22-21(23,24)12-26-18(19(27)28)9-10-25-20(29)30-11-17-15-7-3-1-5-13(15)14-6-2-4-8-16(14)17/h1-8,17-18,26H,9-12H2,(H,25,29)(H,27,28). The van der Waals surface area contributed by atoms with Gasteiger partial charge in [-0.3, -0.25) is 10.1 Å². The van der Waals surface area contributed by atoms with Crippen LogP contribution < -0.4 is 10.6 Å². The number of benzene rings is 2. The number of carbonyl (C=O) groups is 2. The summed E-state index contributed by atoms with van der Waals surface area (Å²) < 4.78 is 42.0. The van der Waals surface area contributed by atoms with Gasteiger partial charge in [-0.25, -0.2) is 4.79 Å². The van der Waals surface area contributed by atoms with E-state index in [0.717, 1.165) is 22.3 Å². The Morgan fingerprint density at radius 3 is 2.13 bits per heavy atom. The zero-order valence-electron chi connectivity index (χ0n) is 15.9. The van der Waals surface area contributed by atoms with Crippen molar-refractivity contribution in [1.29, 1.82) is 0 Å². The first kappa shape index (κ1) is 21.6. The van der Waals surface area contributed by atoms with Crippen molar-refractivity contribution in [3.05, 3.63) is 59.7 Å². The maximum Gasteiger partial charge on any atom is 0.407 e. The van der Waals surface area contributed by atoms with Crippen molar-refractivity contribution in [1.82, 2.24) is 10.6 Å². The number of rotatable bonds is 8. The zero-order valence-corrected chi connectivity index (χ0v) is 15.9. The first-order valence-electron chi connectivity index (χ1n) is 9.38. The maximum absolute atomic E-state index is 12.2. The van der Waals surface area contributed by atoms with Crippen LogP contribution in [0.5, 0.6) is 0 Å². The number of amides is 1. The second-order valence-electron chi connectivity index (χ2n) is 6.93. The molecule has 6 nitrogen and oxygen atoms in total. The first-order valence-corrected chi connectivity index (χ1v) is 9.38. The number of alkyl halides is 3. The van der Waals surface area contributed by atoms with E-state index in [1.807, 2.05) is 53.8 Å². The van der Waals surface area contributed by atoms with Crippen LogP contribution in [-0.2, 0) is 9.53 Å². The van der Waals surface area contributed by atoms with Crippen LogP contribution in [0.25, 0.3) is 11.1 Å². The molecular formula is C21H21F3N2O4. The van der Waals surface area contributed by atoms with Crippen LogP contribution in [0.15, 0.2) is 48.5 Å². The normalized spacial score (nSPS) is 14.0. The molecule has 0 heterocycles. The van der Waals surface area contributed by atoms with Crippen LogP contribution in [0.4, 0.5) is 18.0 Å². The number of halogens is 3. The molecule has 0 saturated heterocycles. The molecule has 1 aliphatic carbocycles. The smallest absolute Gasteiger partial charge is 0.407 e. The highest BCUT2D eigenvalue weighted by Crippen LogP contribution is 2.44. The lowest BCUT2D eigenvalue weighted by Gasteiger charge is -2.17. The van der Waals surface area contributed by atoms with Crippen LogP contribution >= 0.6 is 0 Å². The molecule has 0 spiro atoms. The summed E-state index contributed by atoms with van der Waals surface area (Å²) in [6, 6.07) is 14.3. The molecule has 1 atom stereocenters. The van der Waals surface area contributed by atoms with Gasteiger partial charge in [-0.05, 0) is 28.7 Å². The van der Waals surface area contributed by atoms with Crippen LogP contribution in [0.2, 0.25) is 0 Å². The van der Waals surface area contributed by atoms with Gasteiger partial charge in [0.05, 0.1) is 6.54 Å². The lowest BCUT2D eigenvalue weighted by molar-refractivity contribution is -0.143. The molecular weight excluding hydrogens is 401 g/mol. The molecule has 3 rings (SSSR count). The summed E-state index contributed by atoms with van der Waals surface area (Å²) in [7, 11) is 0. The van der Waals surface area contributed by atoms with Crippen molar-refractivity contribution >= 4 is 12.1 Å². The average Bonchev–Trinajstić information content (AvgIpc) is 3.02. The molecule has 1 aliphatic rings. The van der Waals surface area contributed by atoms with Crippen molar-refractivity contribution in [2.45, 2.75) is 24.6 Å². The van der Waals surface area contributed by atoms with Gasteiger partial charge in [0.25, 0.3) is 0 Å². The zero-order chi connectivity index (χ0) is 21.7. The van der Waals surface area contributed by atoms with E-state index in [1.165, 1.54) is 0 Å². The summed E-state index contributed by atoms with van der Waals surface area (Å²) in [5.41, 5.74) is 4.27. The molecule has 2 aromatic carbocycles. The minimum atomic E-state index is -4.52. The Kier molecular flexibility index (Phi) is 6.61. The Hall–Kier alpha value is -3.07. The summed E-state index contributed by atoms with van der Waals surface area (Å²) in [5.74, 6) is -1.54. The lowest BCUT2D eigenvalue weighted by Crippen LogP contribution is -2.44. The Bertz CT molecular complexity index is 872. The minimum absolute atomic E-state index is 0.0918. The number of carboxylic acids is 1. The fourth-order valence-corrected chi connectivity index (χ4v) is 3.52. The number of hydrogen-bond donors (Lipinski definition) is 3. The first-order chi connectivity index (χ1) is 14.3. The molecule has 160 valence electrons. The van der Waals surface area contributed by atoms with Gasteiger partial charge < -0.3 is 15.2 Å². The quantitative estimate of drug-likeness (QED) is 0.606. The van der Waals surface area contributed by atoms with E-state index < -0.39 is 30.8 Å². The van der Waals surface area contributed by atoms with Gasteiger partial charge in [0.15, 0.2) is 0 Å². The third kappa shape index (κ3) is 5.29. The Morgan fingerprint density at radius 2 is 1.60 bits per heavy atom. The monoisotopic (exact) mass is 422 g/mol. The van der Waals surface area contributed by atoms with Crippen molar-refractivity contribution < 1.29 is 32.6 Å². The highest BCUT2D eigenvalue weighted by molar-refractivity contribution is 5.79. The third-order valence-corrected chi connectivity index (χ3v) is 4.89. The molecule has 30 heavy (non-hydrogen) atoms. The Morgan fingerprint density at radius 1 is 1.03 bits per heavy atom. The van der Waals surface area contributed by atoms with Crippen molar-refractivity contribution in [2.24, 2.45) is 0 Å². The topological polar surface area (TPSA) is 87.7 Å². The van der Waals surface area contributed by atoms with E-state index in [4.69, 9.17) is 9.84 Å². The second-order valence-corrected chi connectivity index (χ2v) is 6.93. The third-order valence-electron chi connectivity index (χ3n) is 4.89. The molecule has 0 aromatic heterocycles. The molecule has 9 heteroatoms. The Balaban J connectivity index is 1.51. The summed E-state index contributed by atoms with van der Waals surface area (Å²) in [5, 5.41) is 13.3. The largest absolute Gasteiger partial charge is 0.480 e. The van der Waals surface area contributed by atoms with Crippen LogP contribution in [0, 0.1) is 0 Å². The van der Waals surface area contributed by atoms with Crippen molar-refractivity contribution in [3.8, 4) is 11.1 Å². The van der Waals surface area contributed by atoms with E-state index in [0.29, 0.717) is 0 Å². The number of ether oxygens (including phenoxy) is 1. The van der Waals surface area contributed by atoms with Gasteiger partial charge >= 0.3 is 18.2 Å². The molecule has 0 bridgehead atoms. The van der Waals surface area contributed by atoms with Gasteiger partial charge in [0.1, 0.15) is 12.6 Å². The molecule has 3 N–H and O–H groups in total. The van der Waals surface area contributed by atoms with Crippen molar-refractivity contribution in [3.63, 3.8) is 0 Å². The van der Waals surface area contributed by atoms with Gasteiger partial charge in [0, 0.05) is 12.5 Å². The number of carboxylic acid groups (broad SMARTS) is 1. The number of hydrogen-bond acceptors (Lipinski definition) is 4. The number of carbonyl (C=O) groups excluding carboxylic acids is 1. The molecule has 2 aromatic rings. The van der Waals surface area contributed by atoms with Crippen molar-refractivity contribution in [2.75, 3.05) is 19.7 Å². The molecule has 0 fully saturated rings. The highest BCUT2D eigenvalue weighted by Gasteiger charge is 2.30. The second kappa shape index (κ2) is 9.17. The number of fused-ring (bicyclic) bond motifs is 3. The van der Waals surface area contributed by atoms with E-state index in [-0.39, 0.29) is 25.5 Å². The summed E-state index contributed by atoms with van der Waals surface area (Å²) in [4.78, 5) is 23.1. The van der Waals surface area contributed by atoms with Crippen LogP contribution in [-0.4, -0.2) is 49.1 Å². The summed E-state index contributed by atoms with van der Waals surface area (Å²) >= 11 is 0. The van der Waals surface area contributed by atoms with E-state index in [1.54, 1.807) is 0 Å². The molecule has 0 radical (unpaired) electrons. The fraction of sp³-hybridized carbons (Fsp3) is 0.333. The fourth-order valence-electron chi connectivity index (χ4n) is 3.52. The SMILES string of the molecule is O=C(NCCC(NCC(F)(F)F)C(=O)O)OCC1c2ccccc2-c2ccccc21. The minimum Gasteiger partial charge on any atom is -0.480 e. The van der Waals surface area contributed by atoms with Gasteiger partial charge in [-0.1, -0.05) is 48.5 Å². The highest BCUT2D eigenvalue weighted by atomic mass is 19.4. The number of aliphatic carboxylic acids is 1. The predicted molar refractivity (Wildman–Crippen MR) is 103 cm³/mol. The average molecular weight is 422 g/mol. The molecule has 1 amide bonds. The summed E-state index contributed by atoms with van der Waals surface area (Å²) in [6.45, 7) is -1.47. The maximum atomic E-state index is 12.2. The van der Waals surface area contributed by atoms with Gasteiger partial charge in [-0.2, -0.15) is 13.2 Å². The summed E-state index contributed by atoms with van der Waals surface area (Å²) in [6.07, 6.45) is -5.49. The van der Waals surface area contributed by atoms with E-state index >= 15 is 0 Å². The predicted octanol–water partition coefficient (Wildman–Crippen LogP) is 3.52. The number of nitrogens with one attached hydrogen (secondary N) is 2.